The molecule has 8 heteroatoms. The zero-order valence-electron chi connectivity index (χ0n) is 11.7. The molecule has 0 aliphatic carbocycles. The third-order valence-electron chi connectivity index (χ3n) is 2.52. The Balaban J connectivity index is 1.84. The van der Waals surface area contributed by atoms with E-state index in [9.17, 15) is 14.4 Å². The predicted molar refractivity (Wildman–Crippen MR) is 71.3 cm³/mol. The Morgan fingerprint density at radius 1 is 0.905 bits per heavy atom. The Kier molecular flexibility index (Phi) is 8.90. The first-order chi connectivity index (χ1) is 10.3. The monoisotopic (exact) mass is 298 g/mol. The molecular formula is C13H18N2O6. The first-order valence-corrected chi connectivity index (χ1v) is 6.56. The highest BCUT2D eigenvalue weighted by Crippen LogP contribution is 2.02. The Morgan fingerprint density at radius 2 is 1.43 bits per heavy atom. The van der Waals surface area contributed by atoms with Crippen molar-refractivity contribution >= 4 is 17.9 Å². The van der Waals surface area contributed by atoms with Gasteiger partial charge in [0.1, 0.15) is 0 Å². The van der Waals surface area contributed by atoms with Gasteiger partial charge in [0.2, 0.25) is 6.08 Å². The summed E-state index contributed by atoms with van der Waals surface area (Å²) in [6.45, 7) is 2.79. The molecule has 0 aromatic rings. The summed E-state index contributed by atoms with van der Waals surface area (Å²) in [6, 6.07) is 0. The maximum absolute atomic E-state index is 11.2. The van der Waals surface area contributed by atoms with Crippen LogP contribution in [0.1, 0.15) is 0 Å². The van der Waals surface area contributed by atoms with Gasteiger partial charge in [0.25, 0.3) is 11.8 Å². The smallest absolute Gasteiger partial charge is 0.253 e. The number of imide groups is 1. The van der Waals surface area contributed by atoms with Crippen LogP contribution in [0.3, 0.4) is 0 Å². The number of amides is 2. The first-order valence-electron chi connectivity index (χ1n) is 6.56. The molecule has 0 aromatic carbocycles. The van der Waals surface area contributed by atoms with Gasteiger partial charge in [-0.05, 0) is 0 Å². The number of nitrogens with zero attached hydrogens (tertiary/aromatic N) is 2. The van der Waals surface area contributed by atoms with E-state index >= 15 is 0 Å². The van der Waals surface area contributed by atoms with E-state index in [4.69, 9.17) is 14.2 Å². The van der Waals surface area contributed by atoms with E-state index in [1.54, 1.807) is 0 Å². The van der Waals surface area contributed by atoms with Crippen molar-refractivity contribution < 1.29 is 28.6 Å². The van der Waals surface area contributed by atoms with Gasteiger partial charge in [-0.25, -0.2) is 9.79 Å². The molecule has 0 N–H and O–H groups in total. The number of aliphatic imine (C=N–C) groups is 1. The Labute approximate surface area is 122 Å². The van der Waals surface area contributed by atoms with Crippen LogP contribution in [0.15, 0.2) is 17.1 Å². The van der Waals surface area contributed by atoms with E-state index in [0.29, 0.717) is 39.6 Å². The fourth-order valence-corrected chi connectivity index (χ4v) is 1.51. The van der Waals surface area contributed by atoms with Crippen LogP contribution >= 0.6 is 0 Å². The quantitative estimate of drug-likeness (QED) is 0.205. The van der Waals surface area contributed by atoms with E-state index in [2.05, 4.69) is 4.99 Å². The highest BCUT2D eigenvalue weighted by Gasteiger charge is 2.22. The van der Waals surface area contributed by atoms with Crippen LogP contribution in [0, 0.1) is 0 Å². The van der Waals surface area contributed by atoms with Crippen molar-refractivity contribution in [2.45, 2.75) is 0 Å². The lowest BCUT2D eigenvalue weighted by molar-refractivity contribution is -0.137. The minimum Gasteiger partial charge on any atom is -0.377 e. The van der Waals surface area contributed by atoms with Crippen molar-refractivity contribution in [3.05, 3.63) is 12.2 Å². The maximum Gasteiger partial charge on any atom is 0.253 e. The minimum atomic E-state index is -0.309. The molecule has 0 radical (unpaired) electrons. The SMILES string of the molecule is O=C=NCCOCCOCCOCCN1C(=O)C=CC1=O. The lowest BCUT2D eigenvalue weighted by Crippen LogP contribution is -2.33. The molecule has 8 nitrogen and oxygen atoms in total. The van der Waals surface area contributed by atoms with Gasteiger partial charge in [0.15, 0.2) is 0 Å². The van der Waals surface area contributed by atoms with Crippen LogP contribution in [-0.4, -0.2) is 75.5 Å². The molecule has 0 fully saturated rings. The summed E-state index contributed by atoms with van der Waals surface area (Å²) >= 11 is 0. The third-order valence-corrected chi connectivity index (χ3v) is 2.52. The summed E-state index contributed by atoms with van der Waals surface area (Å²) < 4.78 is 15.6. The Bertz CT molecular complexity index is 399. The van der Waals surface area contributed by atoms with Crippen LogP contribution in [0.4, 0.5) is 0 Å². The number of hydrogen-bond donors (Lipinski definition) is 0. The summed E-state index contributed by atoms with van der Waals surface area (Å²) in [5, 5.41) is 0. The first kappa shape index (κ1) is 17.2. The fourth-order valence-electron chi connectivity index (χ4n) is 1.51. The van der Waals surface area contributed by atoms with Crippen LogP contribution in [0.5, 0.6) is 0 Å². The van der Waals surface area contributed by atoms with Crippen LogP contribution < -0.4 is 0 Å². The second-order valence-corrected chi connectivity index (χ2v) is 3.97. The highest BCUT2D eigenvalue weighted by atomic mass is 16.5. The van der Waals surface area contributed by atoms with Crippen molar-refractivity contribution in [2.75, 3.05) is 52.7 Å². The molecule has 1 aliphatic heterocycles. The van der Waals surface area contributed by atoms with E-state index in [0.717, 1.165) is 4.90 Å². The number of hydrogen-bond acceptors (Lipinski definition) is 7. The molecule has 2 amide bonds. The molecule has 1 aliphatic rings. The van der Waals surface area contributed by atoms with Crippen molar-refractivity contribution in [2.24, 2.45) is 4.99 Å². The molecule has 1 heterocycles. The topological polar surface area (TPSA) is 94.5 Å². The van der Waals surface area contributed by atoms with Crippen molar-refractivity contribution in [1.82, 2.24) is 4.90 Å². The van der Waals surface area contributed by atoms with Gasteiger partial charge in [0, 0.05) is 12.2 Å². The van der Waals surface area contributed by atoms with E-state index in [1.807, 2.05) is 0 Å². The molecule has 116 valence electrons. The van der Waals surface area contributed by atoms with E-state index in [-0.39, 0.29) is 25.0 Å². The van der Waals surface area contributed by atoms with Gasteiger partial charge >= 0.3 is 0 Å². The number of carbonyl (C=O) groups is 2. The number of rotatable bonds is 12. The average molecular weight is 298 g/mol. The van der Waals surface area contributed by atoms with Gasteiger partial charge in [-0.15, -0.1) is 0 Å². The van der Waals surface area contributed by atoms with Gasteiger partial charge in [-0.2, -0.15) is 0 Å². The molecule has 0 unspecified atom stereocenters. The molecule has 21 heavy (non-hydrogen) atoms. The minimum absolute atomic E-state index is 0.241. The molecular weight excluding hydrogens is 280 g/mol. The van der Waals surface area contributed by atoms with Crippen molar-refractivity contribution in [3.63, 3.8) is 0 Å². The van der Waals surface area contributed by atoms with Crippen molar-refractivity contribution in [1.29, 1.82) is 0 Å². The lowest BCUT2D eigenvalue weighted by atomic mass is 10.5. The molecule has 1 rings (SSSR count). The Morgan fingerprint density at radius 3 is 2.00 bits per heavy atom. The van der Waals surface area contributed by atoms with Gasteiger partial charge in [0.05, 0.1) is 52.7 Å². The zero-order chi connectivity index (χ0) is 15.3. The third kappa shape index (κ3) is 7.48. The van der Waals surface area contributed by atoms with E-state index < -0.39 is 0 Å². The largest absolute Gasteiger partial charge is 0.377 e. The molecule has 0 saturated carbocycles. The van der Waals surface area contributed by atoms with Crippen LogP contribution in [0.2, 0.25) is 0 Å². The normalized spacial score (nSPS) is 13.8. The second kappa shape index (κ2) is 10.9. The van der Waals surface area contributed by atoms with E-state index in [1.165, 1.54) is 18.2 Å². The number of isocyanates is 1. The van der Waals surface area contributed by atoms with Crippen LogP contribution in [-0.2, 0) is 28.6 Å². The highest BCUT2D eigenvalue weighted by molar-refractivity contribution is 6.12. The average Bonchev–Trinajstić information content (AvgIpc) is 2.80. The van der Waals surface area contributed by atoms with Gasteiger partial charge < -0.3 is 14.2 Å². The summed E-state index contributed by atoms with van der Waals surface area (Å²) in [6.07, 6.45) is 3.91. The summed E-state index contributed by atoms with van der Waals surface area (Å²) in [7, 11) is 0. The molecule has 0 spiro atoms. The summed E-state index contributed by atoms with van der Waals surface area (Å²) in [4.78, 5) is 36.6. The molecule has 0 aromatic heterocycles. The number of carbonyl (C=O) groups excluding carboxylic acids is 3. The standard InChI is InChI=1S/C13H18N2O6/c16-11-14-3-5-19-7-9-21-10-8-20-6-4-15-12(17)1-2-13(15)18/h1-2H,3-10H2. The Hall–Kier alpha value is -1.86. The second-order valence-electron chi connectivity index (χ2n) is 3.97. The zero-order valence-corrected chi connectivity index (χ0v) is 11.7. The van der Waals surface area contributed by atoms with Gasteiger partial charge in [-0.1, -0.05) is 0 Å². The maximum atomic E-state index is 11.2. The lowest BCUT2D eigenvalue weighted by Gasteiger charge is -2.13. The molecule has 0 atom stereocenters. The fraction of sp³-hybridized carbons (Fsp3) is 0.615. The predicted octanol–water partition coefficient (Wildman–Crippen LogP) is -0.703. The van der Waals surface area contributed by atoms with Gasteiger partial charge in [-0.3, -0.25) is 14.5 Å². The number of ether oxygens (including phenoxy) is 3. The molecule has 0 saturated heterocycles. The summed E-state index contributed by atoms with van der Waals surface area (Å²) in [5.74, 6) is -0.619. The van der Waals surface area contributed by atoms with Crippen molar-refractivity contribution in [3.8, 4) is 0 Å². The van der Waals surface area contributed by atoms with Crippen LogP contribution in [0.25, 0.3) is 0 Å². The molecule has 0 bridgehead atoms. The summed E-state index contributed by atoms with van der Waals surface area (Å²) in [5.41, 5.74) is 0.